The summed E-state index contributed by atoms with van der Waals surface area (Å²) in [5.74, 6) is 0.800. The van der Waals surface area contributed by atoms with Crippen LogP contribution in [0.25, 0.3) is 0 Å². The fraction of sp³-hybridized carbons (Fsp3) is 0.474. The number of benzene rings is 1. The van der Waals surface area contributed by atoms with Gasteiger partial charge in [-0.05, 0) is 62.9 Å². The Morgan fingerprint density at radius 1 is 1.42 bits per heavy atom. The molecule has 2 aromatic rings. The Bertz CT molecular complexity index is 665. The second kappa shape index (κ2) is 7.90. The standard InChI is InChI=1S/C19H25N3OS/c1-14(18-12-21-13-24-18)22(2)19(23)17-5-3-4-16(11-17)10-15-6-8-20-9-7-15/h3-5,11-15,20H,6-10H2,1-2H3/t14-/m0/s1. The van der Waals surface area contributed by atoms with Gasteiger partial charge in [0.2, 0.25) is 0 Å². The number of aromatic nitrogens is 1. The molecule has 1 atom stereocenters. The molecule has 1 aromatic heterocycles. The maximum Gasteiger partial charge on any atom is 0.254 e. The SMILES string of the molecule is C[C@@H](c1cncs1)N(C)C(=O)c1cccc(CC2CCNCC2)c1. The van der Waals surface area contributed by atoms with Gasteiger partial charge in [-0.25, -0.2) is 0 Å². The summed E-state index contributed by atoms with van der Waals surface area (Å²) in [7, 11) is 1.87. The molecule has 0 saturated carbocycles. The highest BCUT2D eigenvalue weighted by Gasteiger charge is 2.20. The molecule has 24 heavy (non-hydrogen) atoms. The second-order valence-electron chi connectivity index (χ2n) is 6.59. The summed E-state index contributed by atoms with van der Waals surface area (Å²) in [5.41, 5.74) is 3.86. The van der Waals surface area contributed by atoms with E-state index in [4.69, 9.17) is 0 Å². The van der Waals surface area contributed by atoms with Crippen LogP contribution in [0.4, 0.5) is 0 Å². The van der Waals surface area contributed by atoms with Gasteiger partial charge in [-0.1, -0.05) is 12.1 Å². The lowest BCUT2D eigenvalue weighted by molar-refractivity contribution is 0.0744. The van der Waals surface area contributed by atoms with E-state index in [0.29, 0.717) is 0 Å². The average molecular weight is 343 g/mol. The lowest BCUT2D eigenvalue weighted by Crippen LogP contribution is -2.30. The summed E-state index contributed by atoms with van der Waals surface area (Å²) in [5, 5.41) is 3.41. The molecule has 4 nitrogen and oxygen atoms in total. The number of hydrogen-bond donors (Lipinski definition) is 1. The van der Waals surface area contributed by atoms with Gasteiger partial charge in [-0.15, -0.1) is 11.3 Å². The molecule has 128 valence electrons. The quantitative estimate of drug-likeness (QED) is 0.903. The van der Waals surface area contributed by atoms with E-state index in [2.05, 4.69) is 22.4 Å². The summed E-state index contributed by atoms with van der Waals surface area (Å²) in [6.07, 6.45) is 5.35. The Kier molecular flexibility index (Phi) is 5.63. The van der Waals surface area contributed by atoms with Crippen molar-refractivity contribution in [3.63, 3.8) is 0 Å². The van der Waals surface area contributed by atoms with E-state index >= 15 is 0 Å². The van der Waals surface area contributed by atoms with Crippen molar-refractivity contribution in [3.8, 4) is 0 Å². The van der Waals surface area contributed by atoms with Crippen LogP contribution < -0.4 is 5.32 Å². The number of carbonyl (C=O) groups is 1. The predicted octanol–water partition coefficient (Wildman–Crippen LogP) is 3.52. The highest BCUT2D eigenvalue weighted by molar-refractivity contribution is 7.09. The summed E-state index contributed by atoms with van der Waals surface area (Å²) in [6.45, 7) is 4.26. The van der Waals surface area contributed by atoms with E-state index in [0.717, 1.165) is 35.9 Å². The van der Waals surface area contributed by atoms with Crippen molar-refractivity contribution in [1.29, 1.82) is 0 Å². The number of nitrogens with one attached hydrogen (secondary N) is 1. The van der Waals surface area contributed by atoms with Crippen LogP contribution in [0.5, 0.6) is 0 Å². The number of thiazole rings is 1. The fourth-order valence-corrected chi connectivity index (χ4v) is 3.97. The number of piperidine rings is 1. The summed E-state index contributed by atoms with van der Waals surface area (Å²) >= 11 is 1.59. The number of rotatable bonds is 5. The molecule has 1 N–H and O–H groups in total. The highest BCUT2D eigenvalue weighted by Crippen LogP contribution is 2.24. The zero-order valence-corrected chi connectivity index (χ0v) is 15.2. The number of carbonyl (C=O) groups excluding carboxylic acids is 1. The lowest BCUT2D eigenvalue weighted by atomic mass is 9.90. The van der Waals surface area contributed by atoms with Gasteiger partial charge in [-0.3, -0.25) is 9.78 Å². The summed E-state index contributed by atoms with van der Waals surface area (Å²) in [6, 6.07) is 8.18. The molecule has 0 unspecified atom stereocenters. The third-order valence-corrected chi connectivity index (χ3v) is 5.87. The molecule has 1 saturated heterocycles. The number of nitrogens with zero attached hydrogens (tertiary/aromatic N) is 2. The van der Waals surface area contributed by atoms with Gasteiger partial charge >= 0.3 is 0 Å². The molecule has 1 aromatic carbocycles. The van der Waals surface area contributed by atoms with E-state index in [1.807, 2.05) is 37.8 Å². The van der Waals surface area contributed by atoms with Crippen molar-refractivity contribution in [2.75, 3.05) is 20.1 Å². The second-order valence-corrected chi connectivity index (χ2v) is 7.51. The first-order valence-corrected chi connectivity index (χ1v) is 9.48. The van der Waals surface area contributed by atoms with Gasteiger partial charge in [-0.2, -0.15) is 0 Å². The van der Waals surface area contributed by atoms with E-state index in [1.54, 1.807) is 16.2 Å². The first kappa shape index (κ1) is 17.1. The Labute approximate surface area is 147 Å². The molecular weight excluding hydrogens is 318 g/mol. The third kappa shape index (κ3) is 4.02. The van der Waals surface area contributed by atoms with Crippen LogP contribution in [-0.4, -0.2) is 35.9 Å². The van der Waals surface area contributed by atoms with Crippen LogP contribution in [0, 0.1) is 5.92 Å². The largest absolute Gasteiger partial charge is 0.334 e. The number of hydrogen-bond acceptors (Lipinski definition) is 4. The Balaban J connectivity index is 1.69. The molecule has 0 bridgehead atoms. The van der Waals surface area contributed by atoms with Crippen LogP contribution in [0.15, 0.2) is 36.0 Å². The van der Waals surface area contributed by atoms with Crippen LogP contribution in [-0.2, 0) is 6.42 Å². The summed E-state index contributed by atoms with van der Waals surface area (Å²) in [4.78, 5) is 19.8. The normalized spacial score (nSPS) is 16.8. The highest BCUT2D eigenvalue weighted by atomic mass is 32.1. The van der Waals surface area contributed by atoms with Crippen molar-refractivity contribution in [3.05, 3.63) is 52.0 Å². The topological polar surface area (TPSA) is 45.2 Å². The fourth-order valence-electron chi connectivity index (χ4n) is 3.25. The van der Waals surface area contributed by atoms with Crippen LogP contribution >= 0.6 is 11.3 Å². The van der Waals surface area contributed by atoms with Crippen molar-refractivity contribution < 1.29 is 4.79 Å². The Morgan fingerprint density at radius 2 is 2.21 bits per heavy atom. The van der Waals surface area contributed by atoms with E-state index in [9.17, 15) is 4.79 Å². The minimum Gasteiger partial charge on any atom is -0.334 e. The molecule has 5 heteroatoms. The minimum atomic E-state index is 0.0399. The van der Waals surface area contributed by atoms with E-state index in [1.165, 1.54) is 18.4 Å². The van der Waals surface area contributed by atoms with Crippen LogP contribution in [0.1, 0.15) is 46.6 Å². The molecule has 1 aliphatic heterocycles. The van der Waals surface area contributed by atoms with Crippen molar-refractivity contribution in [2.45, 2.75) is 32.2 Å². The van der Waals surface area contributed by atoms with Gasteiger partial charge in [0.15, 0.2) is 0 Å². The molecule has 1 amide bonds. The van der Waals surface area contributed by atoms with E-state index < -0.39 is 0 Å². The molecule has 1 fully saturated rings. The van der Waals surface area contributed by atoms with Crippen LogP contribution in [0.2, 0.25) is 0 Å². The van der Waals surface area contributed by atoms with Crippen molar-refractivity contribution in [2.24, 2.45) is 5.92 Å². The predicted molar refractivity (Wildman–Crippen MR) is 98.4 cm³/mol. The zero-order chi connectivity index (χ0) is 16.9. The van der Waals surface area contributed by atoms with Gasteiger partial charge in [0, 0.05) is 23.7 Å². The monoisotopic (exact) mass is 343 g/mol. The smallest absolute Gasteiger partial charge is 0.254 e. The molecular formula is C19H25N3OS. The number of amides is 1. The minimum absolute atomic E-state index is 0.0399. The average Bonchev–Trinajstić information content (AvgIpc) is 3.15. The first-order chi connectivity index (χ1) is 11.6. The third-order valence-electron chi connectivity index (χ3n) is 4.92. The maximum absolute atomic E-state index is 12.8. The first-order valence-electron chi connectivity index (χ1n) is 8.60. The zero-order valence-electron chi connectivity index (χ0n) is 14.4. The summed E-state index contributed by atoms with van der Waals surface area (Å²) < 4.78 is 0. The molecule has 0 spiro atoms. The molecule has 1 aliphatic rings. The molecule has 0 aliphatic carbocycles. The van der Waals surface area contributed by atoms with Gasteiger partial charge in [0.25, 0.3) is 5.91 Å². The Morgan fingerprint density at radius 3 is 2.92 bits per heavy atom. The molecule has 2 heterocycles. The van der Waals surface area contributed by atoms with Crippen molar-refractivity contribution in [1.82, 2.24) is 15.2 Å². The van der Waals surface area contributed by atoms with Gasteiger partial charge in [0.1, 0.15) is 0 Å². The molecule has 0 radical (unpaired) electrons. The van der Waals surface area contributed by atoms with Crippen molar-refractivity contribution >= 4 is 17.2 Å². The Hall–Kier alpha value is -1.72. The maximum atomic E-state index is 12.8. The van der Waals surface area contributed by atoms with Gasteiger partial charge in [0.05, 0.1) is 11.6 Å². The van der Waals surface area contributed by atoms with Crippen LogP contribution in [0.3, 0.4) is 0 Å². The van der Waals surface area contributed by atoms with E-state index in [-0.39, 0.29) is 11.9 Å². The molecule has 3 rings (SSSR count). The van der Waals surface area contributed by atoms with Gasteiger partial charge < -0.3 is 10.2 Å². The lowest BCUT2D eigenvalue weighted by Gasteiger charge is -2.25.